The molecule has 5 nitrogen and oxygen atoms in total. The van der Waals surface area contributed by atoms with Crippen LogP contribution in [0, 0.1) is 5.92 Å². The quantitative estimate of drug-likeness (QED) is 0.817. The molecule has 1 atom stereocenters. The Kier molecular flexibility index (Phi) is 4.31. The van der Waals surface area contributed by atoms with E-state index in [0.29, 0.717) is 11.7 Å². The molecule has 1 unspecified atom stereocenters. The maximum atomic E-state index is 10.9. The van der Waals surface area contributed by atoms with Gasteiger partial charge in [0.15, 0.2) is 0 Å². The van der Waals surface area contributed by atoms with Crippen molar-refractivity contribution >= 4 is 17.5 Å². The number of hydrogen-bond acceptors (Lipinski definition) is 4. The Labute approximate surface area is 101 Å². The van der Waals surface area contributed by atoms with E-state index in [9.17, 15) is 4.79 Å². The van der Waals surface area contributed by atoms with Gasteiger partial charge in [-0.2, -0.15) is 0 Å². The number of nitrogens with two attached hydrogens (primary N) is 1. The summed E-state index contributed by atoms with van der Waals surface area (Å²) in [4.78, 5) is 17.0. The van der Waals surface area contributed by atoms with Gasteiger partial charge >= 0.3 is 5.97 Å². The monoisotopic (exact) mass is 237 g/mol. The fourth-order valence-corrected chi connectivity index (χ4v) is 1.54. The predicted molar refractivity (Wildman–Crippen MR) is 68.3 cm³/mol. The Bertz CT molecular complexity index is 407. The fourth-order valence-electron chi connectivity index (χ4n) is 1.54. The van der Waals surface area contributed by atoms with Crippen LogP contribution in [0.5, 0.6) is 0 Å². The molecule has 0 aliphatic rings. The predicted octanol–water partition coefficient (Wildman–Crippen LogP) is 1.84. The molecule has 1 aromatic heterocycles. The summed E-state index contributed by atoms with van der Waals surface area (Å²) < 4.78 is 0. The smallest absolute Gasteiger partial charge is 0.337 e. The van der Waals surface area contributed by atoms with Crippen LogP contribution in [0.3, 0.4) is 0 Å². The maximum Gasteiger partial charge on any atom is 0.337 e. The third-order valence-corrected chi connectivity index (χ3v) is 2.82. The lowest BCUT2D eigenvalue weighted by molar-refractivity contribution is 0.0698. The minimum absolute atomic E-state index is 0.103. The molecule has 5 heteroatoms. The molecule has 3 N–H and O–H groups in total. The molecule has 0 bridgehead atoms. The molecule has 0 aliphatic carbocycles. The second kappa shape index (κ2) is 5.52. The van der Waals surface area contributed by atoms with Crippen molar-refractivity contribution in [3.8, 4) is 0 Å². The van der Waals surface area contributed by atoms with Crippen LogP contribution in [0.4, 0.5) is 11.5 Å². The summed E-state index contributed by atoms with van der Waals surface area (Å²) >= 11 is 0. The molecule has 0 fully saturated rings. The number of carbonyl (C=O) groups is 1. The lowest BCUT2D eigenvalue weighted by atomic mass is 10.1. The van der Waals surface area contributed by atoms with Crippen molar-refractivity contribution in [2.24, 2.45) is 5.92 Å². The van der Waals surface area contributed by atoms with Gasteiger partial charge < -0.3 is 15.7 Å². The first-order valence-corrected chi connectivity index (χ1v) is 5.65. The minimum atomic E-state index is -1.02. The summed E-state index contributed by atoms with van der Waals surface area (Å²) in [5.41, 5.74) is 5.85. The van der Waals surface area contributed by atoms with Gasteiger partial charge in [-0.3, -0.25) is 0 Å². The average Bonchev–Trinajstić information content (AvgIpc) is 2.28. The molecule has 0 aliphatic heterocycles. The first-order valence-electron chi connectivity index (χ1n) is 5.65. The molecular weight excluding hydrogens is 218 g/mol. The summed E-state index contributed by atoms with van der Waals surface area (Å²) in [5, 5.41) is 8.97. The average molecular weight is 237 g/mol. The highest BCUT2D eigenvalue weighted by Crippen LogP contribution is 2.18. The number of aromatic nitrogens is 1. The number of pyridine rings is 1. The van der Waals surface area contributed by atoms with Crippen LogP contribution >= 0.6 is 0 Å². The van der Waals surface area contributed by atoms with Gasteiger partial charge in [-0.1, -0.05) is 20.3 Å². The molecule has 17 heavy (non-hydrogen) atoms. The number of nitrogens with zero attached hydrogens (tertiary/aromatic N) is 2. The number of aromatic carboxylic acids is 1. The van der Waals surface area contributed by atoms with E-state index < -0.39 is 5.97 Å². The molecule has 0 radical (unpaired) electrons. The highest BCUT2D eigenvalue weighted by molar-refractivity contribution is 5.94. The van der Waals surface area contributed by atoms with Gasteiger partial charge in [0, 0.05) is 13.6 Å². The normalized spacial score (nSPS) is 12.2. The van der Waals surface area contributed by atoms with Gasteiger partial charge in [-0.25, -0.2) is 9.78 Å². The number of hydrogen-bond donors (Lipinski definition) is 2. The first kappa shape index (κ1) is 13.3. The van der Waals surface area contributed by atoms with Crippen LogP contribution < -0.4 is 10.6 Å². The molecule has 0 amide bonds. The van der Waals surface area contributed by atoms with Gasteiger partial charge in [0.25, 0.3) is 0 Å². The van der Waals surface area contributed by atoms with E-state index in [0.717, 1.165) is 13.0 Å². The highest BCUT2D eigenvalue weighted by atomic mass is 16.4. The number of rotatable bonds is 5. The van der Waals surface area contributed by atoms with Crippen molar-refractivity contribution in [1.29, 1.82) is 0 Å². The van der Waals surface area contributed by atoms with Crippen LogP contribution in [0.25, 0.3) is 0 Å². The van der Waals surface area contributed by atoms with Crippen molar-refractivity contribution in [3.63, 3.8) is 0 Å². The van der Waals surface area contributed by atoms with Crippen LogP contribution in [0.15, 0.2) is 12.3 Å². The number of anilines is 2. The SMILES string of the molecule is CCC(C)CN(C)c1cc(C(=O)O)c(N)cn1. The Morgan fingerprint density at radius 1 is 1.65 bits per heavy atom. The van der Waals surface area contributed by atoms with E-state index in [2.05, 4.69) is 18.8 Å². The molecule has 94 valence electrons. The van der Waals surface area contributed by atoms with Crippen molar-refractivity contribution in [3.05, 3.63) is 17.8 Å². The summed E-state index contributed by atoms with van der Waals surface area (Å²) in [6.07, 6.45) is 2.47. The van der Waals surface area contributed by atoms with Gasteiger partial charge in [0.1, 0.15) is 5.82 Å². The highest BCUT2D eigenvalue weighted by Gasteiger charge is 2.13. The maximum absolute atomic E-state index is 10.9. The van der Waals surface area contributed by atoms with Gasteiger partial charge in [-0.05, 0) is 12.0 Å². The summed E-state index contributed by atoms with van der Waals surface area (Å²) in [6, 6.07) is 1.51. The standard InChI is InChI=1S/C12H19N3O2/c1-4-8(2)7-15(3)11-5-9(12(16)17)10(13)6-14-11/h5-6,8H,4,7,13H2,1-3H3,(H,16,17). The molecule has 0 aromatic carbocycles. The van der Waals surface area contributed by atoms with Crippen molar-refractivity contribution in [2.45, 2.75) is 20.3 Å². The molecule has 1 aromatic rings. The second-order valence-corrected chi connectivity index (χ2v) is 4.33. The summed E-state index contributed by atoms with van der Waals surface area (Å²) in [5.74, 6) is 0.146. The van der Waals surface area contributed by atoms with Gasteiger partial charge in [-0.15, -0.1) is 0 Å². The van der Waals surface area contributed by atoms with Gasteiger partial charge in [0.2, 0.25) is 0 Å². The lowest BCUT2D eigenvalue weighted by Gasteiger charge is -2.22. The summed E-state index contributed by atoms with van der Waals surface area (Å²) in [6.45, 7) is 5.11. The molecule has 0 saturated heterocycles. The number of carboxylic acids is 1. The van der Waals surface area contributed by atoms with E-state index in [1.165, 1.54) is 12.3 Å². The lowest BCUT2D eigenvalue weighted by Crippen LogP contribution is -2.25. The van der Waals surface area contributed by atoms with Crippen LogP contribution in [0.1, 0.15) is 30.6 Å². The Balaban J connectivity index is 2.91. The van der Waals surface area contributed by atoms with E-state index in [4.69, 9.17) is 10.8 Å². The zero-order valence-electron chi connectivity index (χ0n) is 10.5. The zero-order valence-corrected chi connectivity index (χ0v) is 10.5. The van der Waals surface area contributed by atoms with E-state index in [1.807, 2.05) is 11.9 Å². The van der Waals surface area contributed by atoms with Crippen LogP contribution in [0.2, 0.25) is 0 Å². The van der Waals surface area contributed by atoms with Crippen molar-refractivity contribution in [2.75, 3.05) is 24.2 Å². The van der Waals surface area contributed by atoms with E-state index >= 15 is 0 Å². The molecule has 1 heterocycles. The molecule has 1 rings (SSSR count). The van der Waals surface area contributed by atoms with Crippen LogP contribution in [-0.4, -0.2) is 29.7 Å². The minimum Gasteiger partial charge on any atom is -0.478 e. The first-order chi connectivity index (χ1) is 7.95. The number of carboxylic acid groups (broad SMARTS) is 1. The van der Waals surface area contributed by atoms with Crippen molar-refractivity contribution in [1.82, 2.24) is 4.98 Å². The van der Waals surface area contributed by atoms with E-state index in [1.54, 1.807) is 0 Å². The molecular formula is C12H19N3O2. The van der Waals surface area contributed by atoms with Crippen LogP contribution in [-0.2, 0) is 0 Å². The molecule has 0 spiro atoms. The Morgan fingerprint density at radius 3 is 2.82 bits per heavy atom. The largest absolute Gasteiger partial charge is 0.478 e. The van der Waals surface area contributed by atoms with Gasteiger partial charge in [0.05, 0.1) is 17.4 Å². The third kappa shape index (κ3) is 3.34. The van der Waals surface area contributed by atoms with Crippen molar-refractivity contribution < 1.29 is 9.90 Å². The topological polar surface area (TPSA) is 79.5 Å². The molecule has 0 saturated carbocycles. The third-order valence-electron chi connectivity index (χ3n) is 2.82. The second-order valence-electron chi connectivity index (χ2n) is 4.33. The zero-order chi connectivity index (χ0) is 13.0. The summed E-state index contributed by atoms with van der Waals surface area (Å²) in [7, 11) is 1.90. The fraction of sp³-hybridized carbons (Fsp3) is 0.500. The number of nitrogen functional groups attached to an aromatic ring is 1. The Morgan fingerprint density at radius 2 is 2.29 bits per heavy atom. The van der Waals surface area contributed by atoms with E-state index in [-0.39, 0.29) is 11.3 Å². The Hall–Kier alpha value is -1.78.